The Morgan fingerprint density at radius 2 is 1.62 bits per heavy atom. The van der Waals surface area contributed by atoms with Gasteiger partial charge in [-0.15, -0.1) is 0 Å². The maximum Gasteiger partial charge on any atom is 0.259 e. The van der Waals surface area contributed by atoms with Crippen LogP contribution in [-0.2, 0) is 6.67 Å². The van der Waals surface area contributed by atoms with Gasteiger partial charge >= 0.3 is 0 Å². The van der Waals surface area contributed by atoms with Gasteiger partial charge in [0.1, 0.15) is 11.5 Å². The predicted molar refractivity (Wildman–Crippen MR) is 136 cm³/mol. The Bertz CT molecular complexity index is 1210. The summed E-state index contributed by atoms with van der Waals surface area (Å²) in [6.07, 6.45) is 3.70. The predicted octanol–water partition coefficient (Wildman–Crippen LogP) is 5.85. The zero-order valence-electron chi connectivity index (χ0n) is 20.6. The monoisotopic (exact) mass is 458 g/mol. The lowest BCUT2D eigenvalue weighted by molar-refractivity contribution is 0.0491. The van der Waals surface area contributed by atoms with E-state index in [0.717, 1.165) is 41.1 Å². The molecule has 3 atom stereocenters. The van der Waals surface area contributed by atoms with Gasteiger partial charge in [-0.25, -0.2) is 4.98 Å². The summed E-state index contributed by atoms with van der Waals surface area (Å²) < 4.78 is 7.84. The number of nitrogens with zero attached hydrogens (tertiary/aromatic N) is 4. The van der Waals surface area contributed by atoms with Crippen molar-refractivity contribution < 1.29 is 4.74 Å². The van der Waals surface area contributed by atoms with Crippen LogP contribution in [0.15, 0.2) is 59.4 Å². The number of aryl methyl sites for hydroxylation is 1. The maximum absolute atomic E-state index is 13.3. The van der Waals surface area contributed by atoms with Crippen LogP contribution < -0.4 is 15.2 Å². The molecule has 3 aromatic rings. The molecule has 1 aliphatic heterocycles. The molecule has 5 rings (SSSR count). The van der Waals surface area contributed by atoms with E-state index in [0.29, 0.717) is 24.5 Å². The summed E-state index contributed by atoms with van der Waals surface area (Å²) in [6, 6.07) is 18.3. The van der Waals surface area contributed by atoms with E-state index in [1.54, 1.807) is 0 Å². The van der Waals surface area contributed by atoms with Crippen LogP contribution in [0.1, 0.15) is 44.4 Å². The summed E-state index contributed by atoms with van der Waals surface area (Å²) in [4.78, 5) is 22.8. The van der Waals surface area contributed by atoms with Crippen LogP contribution >= 0.6 is 0 Å². The van der Waals surface area contributed by atoms with Crippen molar-refractivity contribution in [2.45, 2.75) is 59.7 Å². The maximum atomic E-state index is 13.3. The number of rotatable bonds is 4. The van der Waals surface area contributed by atoms with Gasteiger partial charge in [-0.05, 0) is 68.5 Å². The van der Waals surface area contributed by atoms with Crippen LogP contribution in [0.2, 0.25) is 0 Å². The van der Waals surface area contributed by atoms with Gasteiger partial charge in [0.15, 0.2) is 0 Å². The number of hydrogen-bond donors (Lipinski definition) is 0. The molecule has 178 valence electrons. The van der Waals surface area contributed by atoms with Gasteiger partial charge in [-0.3, -0.25) is 19.2 Å². The highest BCUT2D eigenvalue weighted by molar-refractivity contribution is 5.59. The quantitative estimate of drug-likeness (QED) is 0.491. The minimum absolute atomic E-state index is 0.0535. The SMILES string of the molecule is Cc1nc2n(c(=O)c1C)CN(C1CCCC(C)C1C)CN2c1ccc(Oc2ccccc2)cc1. The molecule has 0 saturated heterocycles. The van der Waals surface area contributed by atoms with E-state index in [1.165, 1.54) is 19.3 Å². The first kappa shape index (κ1) is 22.7. The number of para-hydroxylation sites is 1. The fourth-order valence-electron chi connectivity index (χ4n) is 5.34. The van der Waals surface area contributed by atoms with Crippen LogP contribution in [0.3, 0.4) is 0 Å². The van der Waals surface area contributed by atoms with Crippen molar-refractivity contribution in [3.63, 3.8) is 0 Å². The van der Waals surface area contributed by atoms with Gasteiger partial charge in [-0.2, -0.15) is 0 Å². The van der Waals surface area contributed by atoms with Crippen molar-refractivity contribution in [2.24, 2.45) is 11.8 Å². The fraction of sp³-hybridized carbons (Fsp3) is 0.429. The second kappa shape index (κ2) is 9.26. The van der Waals surface area contributed by atoms with Crippen molar-refractivity contribution in [2.75, 3.05) is 11.6 Å². The average Bonchev–Trinajstić information content (AvgIpc) is 2.85. The average molecular weight is 459 g/mol. The lowest BCUT2D eigenvalue weighted by Crippen LogP contribution is -2.54. The van der Waals surface area contributed by atoms with Gasteiger partial charge in [0.2, 0.25) is 5.95 Å². The highest BCUT2D eigenvalue weighted by atomic mass is 16.5. The van der Waals surface area contributed by atoms with E-state index in [4.69, 9.17) is 9.72 Å². The third-order valence-electron chi connectivity index (χ3n) is 7.77. The summed E-state index contributed by atoms with van der Waals surface area (Å²) in [6.45, 7) is 9.84. The minimum Gasteiger partial charge on any atom is -0.457 e. The Kier molecular flexibility index (Phi) is 6.17. The van der Waals surface area contributed by atoms with E-state index in [1.807, 2.05) is 60.9 Å². The summed E-state index contributed by atoms with van der Waals surface area (Å²) in [7, 11) is 0. The van der Waals surface area contributed by atoms with Gasteiger partial charge in [0, 0.05) is 23.0 Å². The summed E-state index contributed by atoms with van der Waals surface area (Å²) in [5.41, 5.74) is 2.57. The van der Waals surface area contributed by atoms with Crippen LogP contribution in [0, 0.1) is 25.7 Å². The first-order valence-corrected chi connectivity index (χ1v) is 12.3. The largest absolute Gasteiger partial charge is 0.457 e. The minimum atomic E-state index is 0.0535. The number of fused-ring (bicyclic) bond motifs is 1. The number of benzene rings is 2. The highest BCUT2D eigenvalue weighted by Crippen LogP contribution is 2.37. The molecular formula is C28H34N4O2. The zero-order chi connectivity index (χ0) is 23.8. The van der Waals surface area contributed by atoms with E-state index in [9.17, 15) is 4.79 Å². The molecule has 0 spiro atoms. The van der Waals surface area contributed by atoms with Gasteiger partial charge in [0.05, 0.1) is 13.3 Å². The van der Waals surface area contributed by atoms with Crippen LogP contribution in [0.5, 0.6) is 11.5 Å². The topological polar surface area (TPSA) is 50.6 Å². The zero-order valence-corrected chi connectivity index (χ0v) is 20.6. The van der Waals surface area contributed by atoms with Crippen molar-refractivity contribution in [3.05, 3.63) is 76.2 Å². The van der Waals surface area contributed by atoms with Crippen LogP contribution in [0.25, 0.3) is 0 Å². The number of anilines is 2. The first-order valence-electron chi connectivity index (χ1n) is 12.3. The normalized spacial score (nSPS) is 22.9. The summed E-state index contributed by atoms with van der Waals surface area (Å²) >= 11 is 0. The summed E-state index contributed by atoms with van der Waals surface area (Å²) in [5, 5.41) is 0. The Labute approximate surface area is 201 Å². The van der Waals surface area contributed by atoms with Crippen LogP contribution in [0.4, 0.5) is 11.6 Å². The second-order valence-corrected chi connectivity index (χ2v) is 9.90. The molecular weight excluding hydrogens is 424 g/mol. The molecule has 34 heavy (non-hydrogen) atoms. The molecule has 0 radical (unpaired) electrons. The highest BCUT2D eigenvalue weighted by Gasteiger charge is 2.36. The lowest BCUT2D eigenvalue weighted by Gasteiger charge is -2.46. The number of ether oxygens (including phenoxy) is 1. The van der Waals surface area contributed by atoms with Crippen molar-refractivity contribution >= 4 is 11.6 Å². The van der Waals surface area contributed by atoms with Gasteiger partial charge in [0.25, 0.3) is 5.56 Å². The van der Waals surface area contributed by atoms with E-state index >= 15 is 0 Å². The molecule has 1 fully saturated rings. The van der Waals surface area contributed by atoms with E-state index in [-0.39, 0.29) is 5.56 Å². The number of aromatic nitrogens is 2. The molecule has 0 bridgehead atoms. The second-order valence-electron chi connectivity index (χ2n) is 9.90. The Hall–Kier alpha value is -3.12. The Morgan fingerprint density at radius 3 is 2.35 bits per heavy atom. The third kappa shape index (κ3) is 4.23. The molecule has 0 N–H and O–H groups in total. The molecule has 0 amide bonds. The third-order valence-corrected chi connectivity index (χ3v) is 7.77. The van der Waals surface area contributed by atoms with Crippen LogP contribution in [-0.4, -0.2) is 27.2 Å². The molecule has 3 unspecified atom stereocenters. The van der Waals surface area contributed by atoms with Crippen molar-refractivity contribution in [3.8, 4) is 11.5 Å². The molecule has 2 aromatic carbocycles. The molecule has 1 aliphatic carbocycles. The fourth-order valence-corrected chi connectivity index (χ4v) is 5.34. The Morgan fingerprint density at radius 1 is 0.912 bits per heavy atom. The molecule has 2 heterocycles. The molecule has 6 nitrogen and oxygen atoms in total. The van der Waals surface area contributed by atoms with Gasteiger partial charge in [-0.1, -0.05) is 44.9 Å². The summed E-state index contributed by atoms with van der Waals surface area (Å²) in [5.74, 6) is 3.60. The van der Waals surface area contributed by atoms with Crippen molar-refractivity contribution in [1.82, 2.24) is 14.5 Å². The van der Waals surface area contributed by atoms with Gasteiger partial charge < -0.3 is 4.74 Å². The lowest BCUT2D eigenvalue weighted by atomic mass is 9.77. The van der Waals surface area contributed by atoms with E-state index < -0.39 is 0 Å². The smallest absolute Gasteiger partial charge is 0.259 e. The Balaban J connectivity index is 1.49. The number of hydrogen-bond acceptors (Lipinski definition) is 5. The van der Waals surface area contributed by atoms with E-state index in [2.05, 4.69) is 35.8 Å². The molecule has 2 aliphatic rings. The van der Waals surface area contributed by atoms with Crippen molar-refractivity contribution in [1.29, 1.82) is 0 Å². The standard InChI is InChI=1S/C28H34N4O2/c1-19-9-8-12-26(20(19)2)30-17-31(28-29-22(4)21(3)27(33)32(28)18-30)23-13-15-25(16-14-23)34-24-10-6-5-7-11-24/h5-7,10-11,13-16,19-20,26H,8-9,12,17-18H2,1-4H3. The molecule has 6 heteroatoms. The molecule has 1 saturated carbocycles. The first-order chi connectivity index (χ1) is 16.4. The molecule has 1 aromatic heterocycles.